The summed E-state index contributed by atoms with van der Waals surface area (Å²) in [5.41, 5.74) is 1.96. The molecule has 3 aromatic rings. The molecule has 2 aromatic carbocycles. The second-order valence-corrected chi connectivity index (χ2v) is 5.48. The van der Waals surface area contributed by atoms with Gasteiger partial charge in [-0.05, 0) is 35.9 Å². The Hall–Kier alpha value is -2.79. The van der Waals surface area contributed by atoms with Crippen LogP contribution in [0.3, 0.4) is 0 Å². The number of nitrogens with one attached hydrogen (secondary N) is 1. The highest BCUT2D eigenvalue weighted by atomic mass is 35.5. The topological polar surface area (TPSA) is 64.4 Å². The quantitative estimate of drug-likeness (QED) is 0.763. The average Bonchev–Trinajstić information content (AvgIpc) is 3.10. The third-order valence-electron chi connectivity index (χ3n) is 3.56. The predicted molar refractivity (Wildman–Crippen MR) is 91.1 cm³/mol. The first-order valence-electron chi connectivity index (χ1n) is 7.29. The van der Waals surface area contributed by atoms with Crippen molar-refractivity contribution in [2.75, 3.05) is 7.11 Å². The van der Waals surface area contributed by atoms with Crippen LogP contribution in [0.5, 0.6) is 5.75 Å². The minimum absolute atomic E-state index is 0.276. The lowest BCUT2D eigenvalue weighted by molar-refractivity contribution is 0.0951. The Morgan fingerprint density at radius 1 is 1.21 bits per heavy atom. The summed E-state index contributed by atoms with van der Waals surface area (Å²) in [5, 5.41) is 7.18. The Morgan fingerprint density at radius 2 is 1.96 bits per heavy atom. The zero-order chi connectivity index (χ0) is 16.9. The maximum absolute atomic E-state index is 12.4. The Labute approximate surface area is 144 Å². The first-order valence-corrected chi connectivity index (χ1v) is 7.67. The number of hydrogen-bond donors (Lipinski definition) is 1. The molecule has 6 heteroatoms. The number of halogens is 1. The van der Waals surface area contributed by atoms with Crippen molar-refractivity contribution in [1.29, 1.82) is 0 Å². The number of ether oxygens (including phenoxy) is 1. The van der Waals surface area contributed by atoms with Crippen LogP contribution in [0.15, 0.2) is 59.3 Å². The molecule has 0 unspecified atom stereocenters. The van der Waals surface area contributed by atoms with Crippen molar-refractivity contribution in [2.24, 2.45) is 0 Å². The fraction of sp³-hybridized carbons (Fsp3) is 0.111. The average molecular weight is 343 g/mol. The summed E-state index contributed by atoms with van der Waals surface area (Å²) in [6, 6.07) is 14.6. The Kier molecular flexibility index (Phi) is 4.82. The molecule has 0 bridgehead atoms. The minimum atomic E-state index is -0.276. The first-order chi connectivity index (χ1) is 11.7. The lowest BCUT2D eigenvalue weighted by atomic mass is 10.1. The van der Waals surface area contributed by atoms with Gasteiger partial charge in [-0.3, -0.25) is 4.79 Å². The van der Waals surface area contributed by atoms with Gasteiger partial charge in [0.1, 0.15) is 11.3 Å². The minimum Gasteiger partial charge on any atom is -0.497 e. The van der Waals surface area contributed by atoms with Gasteiger partial charge in [-0.25, -0.2) is 0 Å². The summed E-state index contributed by atoms with van der Waals surface area (Å²) in [6.07, 6.45) is 1.40. The number of methoxy groups -OCH3 is 1. The number of aromatic nitrogens is 1. The summed E-state index contributed by atoms with van der Waals surface area (Å²) in [4.78, 5) is 12.4. The van der Waals surface area contributed by atoms with E-state index in [1.807, 2.05) is 30.3 Å². The van der Waals surface area contributed by atoms with E-state index in [2.05, 4.69) is 10.5 Å². The van der Waals surface area contributed by atoms with E-state index in [9.17, 15) is 4.79 Å². The predicted octanol–water partition coefficient (Wildman–Crippen LogP) is 3.93. The van der Waals surface area contributed by atoms with Crippen LogP contribution < -0.4 is 10.1 Å². The van der Waals surface area contributed by atoms with E-state index in [0.29, 0.717) is 22.9 Å². The van der Waals surface area contributed by atoms with Crippen molar-refractivity contribution < 1.29 is 14.1 Å². The van der Waals surface area contributed by atoms with Crippen molar-refractivity contribution in [3.8, 4) is 17.1 Å². The monoisotopic (exact) mass is 342 g/mol. The van der Waals surface area contributed by atoms with E-state index < -0.39 is 0 Å². The van der Waals surface area contributed by atoms with Crippen molar-refractivity contribution in [3.63, 3.8) is 0 Å². The highest BCUT2D eigenvalue weighted by molar-refractivity contribution is 6.31. The molecular weight excluding hydrogens is 328 g/mol. The van der Waals surface area contributed by atoms with Gasteiger partial charge in [0.05, 0.1) is 13.3 Å². The number of benzene rings is 2. The van der Waals surface area contributed by atoms with Gasteiger partial charge in [-0.1, -0.05) is 35.0 Å². The van der Waals surface area contributed by atoms with Crippen LogP contribution in [0.1, 0.15) is 15.9 Å². The van der Waals surface area contributed by atoms with Crippen LogP contribution in [0, 0.1) is 0 Å². The molecular formula is C18H15ClN2O3. The van der Waals surface area contributed by atoms with Gasteiger partial charge in [0.2, 0.25) is 0 Å². The van der Waals surface area contributed by atoms with Gasteiger partial charge in [0.15, 0.2) is 5.76 Å². The zero-order valence-electron chi connectivity index (χ0n) is 13.0. The smallest absolute Gasteiger partial charge is 0.257 e. The van der Waals surface area contributed by atoms with Crippen molar-refractivity contribution >= 4 is 17.5 Å². The fourth-order valence-corrected chi connectivity index (χ4v) is 2.47. The molecule has 0 atom stereocenters. The number of hydrogen-bond acceptors (Lipinski definition) is 4. The third kappa shape index (κ3) is 3.41. The first kappa shape index (κ1) is 16.1. The van der Waals surface area contributed by atoms with Crippen LogP contribution in [0.25, 0.3) is 11.3 Å². The summed E-state index contributed by atoms with van der Waals surface area (Å²) in [5.74, 6) is 0.860. The molecule has 0 saturated carbocycles. The molecule has 1 heterocycles. The number of rotatable bonds is 5. The number of carbonyl (C=O) groups is 1. The molecule has 0 aliphatic rings. The standard InChI is InChI=1S/C18H15ClN2O3/c1-23-14-8-6-12(7-9-14)17-15(11-21-24-17)18(22)20-10-13-4-2-3-5-16(13)19/h2-9,11H,10H2,1H3,(H,20,22). The molecule has 0 radical (unpaired) electrons. The van der Waals surface area contributed by atoms with Gasteiger partial charge < -0.3 is 14.6 Å². The number of amides is 1. The van der Waals surface area contributed by atoms with E-state index in [1.54, 1.807) is 25.3 Å². The highest BCUT2D eigenvalue weighted by Gasteiger charge is 2.18. The lowest BCUT2D eigenvalue weighted by Crippen LogP contribution is -2.23. The molecule has 0 aliphatic heterocycles. The van der Waals surface area contributed by atoms with Crippen LogP contribution in [0.2, 0.25) is 5.02 Å². The largest absolute Gasteiger partial charge is 0.497 e. The second-order valence-electron chi connectivity index (χ2n) is 5.07. The summed E-state index contributed by atoms with van der Waals surface area (Å²) in [6.45, 7) is 0.325. The SMILES string of the molecule is COc1ccc(-c2oncc2C(=O)NCc2ccccc2Cl)cc1. The molecule has 1 amide bonds. The maximum Gasteiger partial charge on any atom is 0.257 e. The van der Waals surface area contributed by atoms with E-state index >= 15 is 0 Å². The van der Waals surface area contributed by atoms with Gasteiger partial charge in [0.25, 0.3) is 5.91 Å². The van der Waals surface area contributed by atoms with Gasteiger partial charge in [-0.15, -0.1) is 0 Å². The molecule has 0 fully saturated rings. The summed E-state index contributed by atoms with van der Waals surface area (Å²) in [7, 11) is 1.59. The molecule has 24 heavy (non-hydrogen) atoms. The van der Waals surface area contributed by atoms with Crippen molar-refractivity contribution in [1.82, 2.24) is 10.5 Å². The molecule has 122 valence electrons. The highest BCUT2D eigenvalue weighted by Crippen LogP contribution is 2.25. The molecule has 3 rings (SSSR count). The fourth-order valence-electron chi connectivity index (χ4n) is 2.26. The molecule has 0 aliphatic carbocycles. The van der Waals surface area contributed by atoms with Crippen LogP contribution in [-0.2, 0) is 6.54 Å². The summed E-state index contributed by atoms with van der Waals surface area (Å²) >= 11 is 6.09. The van der Waals surface area contributed by atoms with Crippen molar-refractivity contribution in [3.05, 3.63) is 70.9 Å². The van der Waals surface area contributed by atoms with Gasteiger partial charge in [0, 0.05) is 17.1 Å². The van der Waals surface area contributed by atoms with Crippen LogP contribution in [0.4, 0.5) is 0 Å². The second kappa shape index (κ2) is 7.19. The van der Waals surface area contributed by atoms with E-state index in [-0.39, 0.29) is 5.91 Å². The van der Waals surface area contributed by atoms with Crippen LogP contribution >= 0.6 is 11.6 Å². The zero-order valence-corrected chi connectivity index (χ0v) is 13.7. The van der Waals surface area contributed by atoms with E-state index in [4.69, 9.17) is 20.9 Å². The Balaban J connectivity index is 1.76. The molecule has 0 saturated heterocycles. The van der Waals surface area contributed by atoms with Crippen molar-refractivity contribution in [2.45, 2.75) is 6.54 Å². The normalized spacial score (nSPS) is 10.4. The van der Waals surface area contributed by atoms with Crippen LogP contribution in [-0.4, -0.2) is 18.2 Å². The number of carbonyl (C=O) groups excluding carboxylic acids is 1. The Morgan fingerprint density at radius 3 is 2.67 bits per heavy atom. The molecule has 5 nitrogen and oxygen atoms in total. The lowest BCUT2D eigenvalue weighted by Gasteiger charge is -2.07. The van der Waals surface area contributed by atoms with Gasteiger partial charge in [-0.2, -0.15) is 0 Å². The number of nitrogens with zero attached hydrogens (tertiary/aromatic N) is 1. The summed E-state index contributed by atoms with van der Waals surface area (Å²) < 4.78 is 10.4. The third-order valence-corrected chi connectivity index (χ3v) is 3.93. The van der Waals surface area contributed by atoms with Gasteiger partial charge >= 0.3 is 0 Å². The molecule has 0 spiro atoms. The van der Waals surface area contributed by atoms with E-state index in [1.165, 1.54) is 6.20 Å². The Bertz CT molecular complexity index is 843. The molecule has 1 N–H and O–H groups in total. The maximum atomic E-state index is 12.4. The molecule has 1 aromatic heterocycles. The van der Waals surface area contributed by atoms with E-state index in [0.717, 1.165) is 16.9 Å².